The number of rotatable bonds is 3. The molecule has 0 bridgehead atoms. The van der Waals surface area contributed by atoms with Crippen molar-refractivity contribution < 1.29 is 4.65 Å². The molecule has 9 heavy (non-hydrogen) atoms. The summed E-state index contributed by atoms with van der Waals surface area (Å²) in [6.07, 6.45) is -0.0394. The van der Waals surface area contributed by atoms with Gasteiger partial charge >= 0.3 is 0 Å². The summed E-state index contributed by atoms with van der Waals surface area (Å²) >= 11 is 0. The summed E-state index contributed by atoms with van der Waals surface area (Å²) in [7, 11) is 6.55. The van der Waals surface area contributed by atoms with Crippen LogP contribution in [0.25, 0.3) is 0 Å². The summed E-state index contributed by atoms with van der Waals surface area (Å²) in [5, 5.41) is -0.144. The largest absolute Gasteiger partial charge is 0.445 e. The van der Waals surface area contributed by atoms with Crippen LogP contribution in [0.1, 0.15) is 20.8 Å². The van der Waals surface area contributed by atoms with Gasteiger partial charge in [0, 0.05) is 6.10 Å². The quantitative estimate of drug-likeness (QED) is 0.547. The van der Waals surface area contributed by atoms with Gasteiger partial charge in [0.25, 0.3) is 8.05 Å². The Morgan fingerprint density at radius 1 is 1.67 bits per heavy atom. The molecule has 0 saturated carbocycles. The van der Waals surface area contributed by atoms with E-state index >= 15 is 0 Å². The van der Waals surface area contributed by atoms with Crippen molar-refractivity contribution in [1.82, 2.24) is 0 Å². The molecule has 4 heteroatoms. The van der Waals surface area contributed by atoms with Gasteiger partial charge in [0.1, 0.15) is 0 Å². The summed E-state index contributed by atoms with van der Waals surface area (Å²) in [5.74, 6) is 0. The molecule has 49 valence electrons. The van der Waals surface area contributed by atoms with E-state index < -0.39 is 0 Å². The van der Waals surface area contributed by atoms with Gasteiger partial charge in [0.15, 0.2) is 0 Å². The van der Waals surface area contributed by atoms with Gasteiger partial charge in [-0.05, 0) is 12.2 Å². The van der Waals surface area contributed by atoms with Gasteiger partial charge in [-0.1, -0.05) is 13.8 Å². The van der Waals surface area contributed by atoms with Gasteiger partial charge in [0.2, 0.25) is 7.41 Å². The van der Waals surface area contributed by atoms with Crippen molar-refractivity contribution in [2.75, 3.05) is 0 Å². The van der Waals surface area contributed by atoms with Crippen molar-refractivity contribution in [1.29, 1.82) is 0 Å². The van der Waals surface area contributed by atoms with Crippen LogP contribution in [0.2, 0.25) is 5.31 Å². The number of hydrogen-bond donors (Lipinski definition) is 1. The second kappa shape index (κ2) is 3.28. The van der Waals surface area contributed by atoms with Crippen LogP contribution in [0.4, 0.5) is 0 Å². The molecule has 0 aliphatic heterocycles. The Kier molecular flexibility index (Phi) is 3.29. The van der Waals surface area contributed by atoms with Crippen LogP contribution in [0.15, 0.2) is 0 Å². The van der Waals surface area contributed by atoms with Crippen LogP contribution in [-0.4, -0.2) is 21.6 Å². The Bertz CT molecular complexity index is 87.0. The summed E-state index contributed by atoms with van der Waals surface area (Å²) in [5.41, 5.74) is 5.32. The van der Waals surface area contributed by atoms with E-state index in [2.05, 4.69) is 4.65 Å². The minimum Gasteiger partial charge on any atom is -0.445 e. The Morgan fingerprint density at radius 3 is 2.22 bits per heavy atom. The maximum Gasteiger partial charge on any atom is 0.282 e. The number of hydrogen-bond acceptors (Lipinski definition) is 2. The molecule has 0 spiro atoms. The van der Waals surface area contributed by atoms with Gasteiger partial charge < -0.3 is 10.3 Å². The predicted molar refractivity (Wildman–Crippen MR) is 40.3 cm³/mol. The van der Waals surface area contributed by atoms with Crippen molar-refractivity contribution in [3.8, 4) is 0 Å². The first-order valence-corrected chi connectivity index (χ1v) is 2.96. The van der Waals surface area contributed by atoms with Gasteiger partial charge in [0.05, 0.1) is 0 Å². The highest BCUT2D eigenvalue weighted by atomic mass is 16.4. The van der Waals surface area contributed by atoms with Crippen molar-refractivity contribution >= 4 is 15.5 Å². The molecule has 0 aromatic heterocycles. The van der Waals surface area contributed by atoms with Gasteiger partial charge in [-0.3, -0.25) is 0 Å². The zero-order valence-electron chi connectivity index (χ0n) is 6.22. The summed E-state index contributed by atoms with van der Waals surface area (Å²) in [4.78, 5) is 0. The van der Waals surface area contributed by atoms with Crippen LogP contribution in [-0.2, 0) is 4.65 Å². The lowest BCUT2D eigenvalue weighted by Gasteiger charge is -2.28. The van der Waals surface area contributed by atoms with Crippen molar-refractivity contribution in [2.24, 2.45) is 5.64 Å². The van der Waals surface area contributed by atoms with Crippen LogP contribution in [0.3, 0.4) is 0 Å². The highest BCUT2D eigenvalue weighted by molar-refractivity contribution is 6.35. The first kappa shape index (κ1) is 9.05. The van der Waals surface area contributed by atoms with E-state index in [1.54, 1.807) is 7.41 Å². The van der Waals surface area contributed by atoms with E-state index in [0.29, 0.717) is 0 Å². The topological polar surface area (TPSA) is 35.2 Å². The fraction of sp³-hybridized carbons (Fsp3) is 1.00. The first-order chi connectivity index (χ1) is 4.04. The maximum atomic E-state index is 5.32. The van der Waals surface area contributed by atoms with Crippen molar-refractivity contribution in [3.05, 3.63) is 0 Å². The fourth-order valence-corrected chi connectivity index (χ4v) is 0.311. The van der Waals surface area contributed by atoms with E-state index in [1.807, 2.05) is 20.8 Å². The monoisotopic (exact) mass is 124 g/mol. The second-order valence-electron chi connectivity index (χ2n) is 2.77. The fourth-order valence-electron chi connectivity index (χ4n) is 0.311. The van der Waals surface area contributed by atoms with E-state index in [-0.39, 0.29) is 11.4 Å². The molecule has 1 unspecified atom stereocenters. The zero-order chi connectivity index (χ0) is 7.49. The number of nitrogens with two attached hydrogens (primary N) is 1. The lowest BCUT2D eigenvalue weighted by Crippen LogP contribution is -2.32. The third kappa shape index (κ3) is 2.41. The Morgan fingerprint density at radius 2 is 2.11 bits per heavy atom. The summed E-state index contributed by atoms with van der Waals surface area (Å²) in [6, 6.07) is 0. The van der Waals surface area contributed by atoms with Crippen LogP contribution in [0.5, 0.6) is 0 Å². The Hall–Kier alpha value is 0.0499. The normalized spacial score (nSPS) is 15.1. The SMILES string of the molecule is [B]OC(C)C(C)(C)[B]N. The molecule has 0 amide bonds. The predicted octanol–water partition coefficient (Wildman–Crippen LogP) is 0.251. The molecule has 0 fully saturated rings. The molecule has 2 N–H and O–H groups in total. The van der Waals surface area contributed by atoms with E-state index in [1.165, 1.54) is 0 Å². The van der Waals surface area contributed by atoms with E-state index in [9.17, 15) is 0 Å². The van der Waals surface area contributed by atoms with Crippen molar-refractivity contribution in [3.63, 3.8) is 0 Å². The Balaban J connectivity index is 3.80. The summed E-state index contributed by atoms with van der Waals surface area (Å²) in [6.45, 7) is 5.80. The molecular formula is C5H12B2NO. The highest BCUT2D eigenvalue weighted by Crippen LogP contribution is 2.27. The van der Waals surface area contributed by atoms with E-state index in [4.69, 9.17) is 13.7 Å². The minimum atomic E-state index is -0.144. The molecule has 2 nitrogen and oxygen atoms in total. The molecule has 0 rings (SSSR count). The van der Waals surface area contributed by atoms with Crippen LogP contribution in [0, 0.1) is 0 Å². The average molecular weight is 124 g/mol. The van der Waals surface area contributed by atoms with Crippen molar-refractivity contribution in [2.45, 2.75) is 32.2 Å². The maximum absolute atomic E-state index is 5.32. The summed E-state index contributed by atoms with van der Waals surface area (Å²) < 4.78 is 4.59. The molecule has 0 aliphatic carbocycles. The lowest BCUT2D eigenvalue weighted by atomic mass is 9.61. The average Bonchev–Trinajstić information content (AvgIpc) is 1.86. The van der Waals surface area contributed by atoms with Crippen LogP contribution < -0.4 is 5.64 Å². The molecule has 0 aromatic carbocycles. The zero-order valence-corrected chi connectivity index (χ0v) is 6.22. The first-order valence-electron chi connectivity index (χ1n) is 2.96. The smallest absolute Gasteiger partial charge is 0.282 e. The highest BCUT2D eigenvalue weighted by Gasteiger charge is 2.24. The third-order valence-electron chi connectivity index (χ3n) is 1.68. The van der Waals surface area contributed by atoms with Gasteiger partial charge in [-0.15, -0.1) is 0 Å². The molecule has 0 aromatic rings. The standard InChI is InChI=1S/C5H12B2NO/c1-4(9-6)5(2,3)7-8/h4H,8H2,1-3H3. The molecule has 0 aliphatic rings. The van der Waals surface area contributed by atoms with E-state index in [0.717, 1.165) is 0 Å². The lowest BCUT2D eigenvalue weighted by molar-refractivity contribution is 0.195. The third-order valence-corrected chi connectivity index (χ3v) is 1.68. The van der Waals surface area contributed by atoms with Crippen LogP contribution >= 0.6 is 0 Å². The molecule has 0 heterocycles. The molecule has 3 radical (unpaired) electrons. The molecule has 0 saturated heterocycles. The Labute approximate surface area is 58.8 Å². The molecule has 1 atom stereocenters. The minimum absolute atomic E-state index is 0.0394. The van der Waals surface area contributed by atoms with Gasteiger partial charge in [-0.2, -0.15) is 0 Å². The van der Waals surface area contributed by atoms with Gasteiger partial charge in [-0.25, -0.2) is 0 Å². The second-order valence-corrected chi connectivity index (χ2v) is 2.77. The molecular weight excluding hydrogens is 112 g/mol.